The summed E-state index contributed by atoms with van der Waals surface area (Å²) in [6.45, 7) is 0.224. The number of hydrazone groups is 1. The van der Waals surface area contributed by atoms with Gasteiger partial charge in [0.1, 0.15) is 5.75 Å². The van der Waals surface area contributed by atoms with Crippen LogP contribution in [0, 0.1) is 0 Å². The van der Waals surface area contributed by atoms with Gasteiger partial charge in [-0.2, -0.15) is 5.10 Å². The van der Waals surface area contributed by atoms with Gasteiger partial charge < -0.3 is 19.5 Å². The van der Waals surface area contributed by atoms with E-state index in [1.165, 1.54) is 0 Å². The van der Waals surface area contributed by atoms with Crippen LogP contribution < -0.4 is 25.0 Å². The highest BCUT2D eigenvalue weighted by Gasteiger charge is 2.17. The minimum absolute atomic E-state index is 0.224. The molecule has 1 heterocycles. The summed E-state index contributed by atoms with van der Waals surface area (Å²) in [4.78, 5) is 0. The first-order valence-corrected chi connectivity index (χ1v) is 8.19. The molecule has 1 aliphatic heterocycles. The summed E-state index contributed by atoms with van der Waals surface area (Å²) in [5, 5.41) is 7.52. The normalized spacial score (nSPS) is 12.2. The Balaban J connectivity index is 1.60. The van der Waals surface area contributed by atoms with Gasteiger partial charge in [-0.1, -0.05) is 6.07 Å². The third-order valence-corrected chi connectivity index (χ3v) is 3.94. The van der Waals surface area contributed by atoms with E-state index in [1.54, 1.807) is 13.3 Å². The van der Waals surface area contributed by atoms with Gasteiger partial charge in [-0.05, 0) is 58.0 Å². The van der Waals surface area contributed by atoms with Crippen LogP contribution in [0.1, 0.15) is 5.56 Å². The molecule has 0 spiro atoms. The van der Waals surface area contributed by atoms with Crippen molar-refractivity contribution in [3.63, 3.8) is 0 Å². The molecule has 0 atom stereocenters. The highest BCUT2D eigenvalue weighted by molar-refractivity contribution is 9.10. The molecule has 6 nitrogen and oxygen atoms in total. The number of thiocarbonyl (C=S) groups is 1. The number of benzene rings is 2. The Labute approximate surface area is 152 Å². The first kappa shape index (κ1) is 16.5. The maximum Gasteiger partial charge on any atom is 0.231 e. The van der Waals surface area contributed by atoms with Gasteiger partial charge in [-0.25, -0.2) is 0 Å². The number of methoxy groups -OCH3 is 1. The molecule has 124 valence electrons. The Morgan fingerprint density at radius 1 is 1.33 bits per heavy atom. The van der Waals surface area contributed by atoms with Crippen molar-refractivity contribution < 1.29 is 14.2 Å². The largest absolute Gasteiger partial charge is 0.497 e. The van der Waals surface area contributed by atoms with Gasteiger partial charge in [0, 0.05) is 11.8 Å². The number of hydrogen-bond donors (Lipinski definition) is 2. The Bertz CT molecular complexity index is 798. The second-order valence-electron chi connectivity index (χ2n) is 4.79. The molecule has 0 aromatic heterocycles. The average Bonchev–Trinajstić information content (AvgIpc) is 3.04. The second-order valence-corrected chi connectivity index (χ2v) is 6.06. The maximum absolute atomic E-state index is 5.36. The molecule has 0 bridgehead atoms. The number of nitrogens with zero attached hydrogens (tertiary/aromatic N) is 1. The lowest BCUT2D eigenvalue weighted by Gasteiger charge is -2.08. The van der Waals surface area contributed by atoms with Crippen LogP contribution in [0.3, 0.4) is 0 Å². The van der Waals surface area contributed by atoms with Crippen LogP contribution in [0.15, 0.2) is 46.0 Å². The lowest BCUT2D eigenvalue weighted by Crippen LogP contribution is -2.23. The zero-order chi connectivity index (χ0) is 16.9. The van der Waals surface area contributed by atoms with Crippen molar-refractivity contribution in [1.82, 2.24) is 5.43 Å². The fraction of sp³-hybridized carbons (Fsp3) is 0.125. The van der Waals surface area contributed by atoms with E-state index in [1.807, 2.05) is 36.4 Å². The fourth-order valence-electron chi connectivity index (χ4n) is 2.09. The average molecular weight is 408 g/mol. The molecule has 0 aliphatic carbocycles. The van der Waals surface area contributed by atoms with E-state index in [9.17, 15) is 0 Å². The Kier molecular flexibility index (Phi) is 5.17. The fourth-order valence-corrected chi connectivity index (χ4v) is 2.83. The number of halogens is 1. The standard InChI is InChI=1S/C16H14BrN3O3S/c1-21-12-4-2-3-11(7-12)19-16(24)20-18-8-10-5-13(17)15-14(6-10)22-9-23-15/h2-8H,9H2,1H3,(H2,19,20,24)/b18-8-. The predicted molar refractivity (Wildman–Crippen MR) is 100 cm³/mol. The lowest BCUT2D eigenvalue weighted by atomic mass is 10.2. The first-order chi connectivity index (χ1) is 11.7. The maximum atomic E-state index is 5.36. The highest BCUT2D eigenvalue weighted by atomic mass is 79.9. The molecule has 8 heteroatoms. The number of fused-ring (bicyclic) bond motifs is 1. The van der Waals surface area contributed by atoms with Crippen LogP contribution in [-0.2, 0) is 0 Å². The van der Waals surface area contributed by atoms with E-state index in [0.717, 1.165) is 21.5 Å². The monoisotopic (exact) mass is 407 g/mol. The third-order valence-electron chi connectivity index (χ3n) is 3.16. The molecule has 2 aromatic carbocycles. The van der Waals surface area contributed by atoms with Crippen LogP contribution in [0.4, 0.5) is 5.69 Å². The molecule has 3 rings (SSSR count). The summed E-state index contributed by atoms with van der Waals surface area (Å²) in [6, 6.07) is 11.2. The Morgan fingerprint density at radius 3 is 3.04 bits per heavy atom. The summed E-state index contributed by atoms with van der Waals surface area (Å²) in [5.74, 6) is 2.13. The van der Waals surface area contributed by atoms with Crippen LogP contribution >= 0.6 is 28.1 Å². The topological polar surface area (TPSA) is 64.1 Å². The van der Waals surface area contributed by atoms with E-state index in [-0.39, 0.29) is 6.79 Å². The molecular weight excluding hydrogens is 394 g/mol. The molecule has 0 saturated heterocycles. The molecule has 24 heavy (non-hydrogen) atoms. The van der Waals surface area contributed by atoms with E-state index in [0.29, 0.717) is 16.6 Å². The van der Waals surface area contributed by atoms with Crippen molar-refractivity contribution >= 4 is 45.2 Å². The predicted octanol–water partition coefficient (Wildman–Crippen LogP) is 3.51. The second kappa shape index (κ2) is 7.50. The van der Waals surface area contributed by atoms with E-state index < -0.39 is 0 Å². The zero-order valence-corrected chi connectivity index (χ0v) is 15.1. The molecule has 0 saturated carbocycles. The summed E-state index contributed by atoms with van der Waals surface area (Å²) < 4.78 is 16.7. The molecule has 0 radical (unpaired) electrons. The smallest absolute Gasteiger partial charge is 0.231 e. The van der Waals surface area contributed by atoms with Crippen molar-refractivity contribution in [3.05, 3.63) is 46.4 Å². The summed E-state index contributed by atoms with van der Waals surface area (Å²) >= 11 is 8.65. The van der Waals surface area contributed by atoms with Crippen molar-refractivity contribution in [1.29, 1.82) is 0 Å². The van der Waals surface area contributed by atoms with Gasteiger partial charge >= 0.3 is 0 Å². The van der Waals surface area contributed by atoms with Gasteiger partial charge in [0.15, 0.2) is 16.6 Å². The van der Waals surface area contributed by atoms with Gasteiger partial charge in [-0.3, -0.25) is 5.43 Å². The molecule has 2 N–H and O–H groups in total. The quantitative estimate of drug-likeness (QED) is 0.459. The van der Waals surface area contributed by atoms with Crippen LogP contribution in [0.5, 0.6) is 17.2 Å². The Hall–Kier alpha value is -2.32. The molecule has 1 aliphatic rings. The first-order valence-electron chi connectivity index (χ1n) is 6.99. The number of nitrogens with one attached hydrogen (secondary N) is 2. The zero-order valence-electron chi connectivity index (χ0n) is 12.7. The minimum Gasteiger partial charge on any atom is -0.497 e. The summed E-state index contributed by atoms with van der Waals surface area (Å²) in [6.07, 6.45) is 1.65. The van der Waals surface area contributed by atoms with Crippen molar-refractivity contribution in [3.8, 4) is 17.2 Å². The molecule has 0 amide bonds. The number of ether oxygens (including phenoxy) is 3. The lowest BCUT2D eigenvalue weighted by molar-refractivity contribution is 0.173. The van der Waals surface area contributed by atoms with Crippen molar-refractivity contribution in [2.24, 2.45) is 5.10 Å². The summed E-state index contributed by atoms with van der Waals surface area (Å²) in [7, 11) is 1.61. The van der Waals surface area contributed by atoms with Crippen molar-refractivity contribution in [2.75, 3.05) is 19.2 Å². The molecule has 2 aromatic rings. The van der Waals surface area contributed by atoms with Gasteiger partial charge in [0.25, 0.3) is 0 Å². The molecule has 0 fully saturated rings. The van der Waals surface area contributed by atoms with E-state index >= 15 is 0 Å². The summed E-state index contributed by atoms with van der Waals surface area (Å²) in [5.41, 5.74) is 4.43. The van der Waals surface area contributed by atoms with Crippen molar-refractivity contribution in [2.45, 2.75) is 0 Å². The highest BCUT2D eigenvalue weighted by Crippen LogP contribution is 2.39. The SMILES string of the molecule is COc1cccc(NC(=S)N/N=C\c2cc(Br)c3c(c2)OCO3)c1. The number of hydrogen-bond acceptors (Lipinski definition) is 5. The molecular formula is C16H14BrN3O3S. The number of rotatable bonds is 4. The molecule has 0 unspecified atom stereocenters. The minimum atomic E-state index is 0.224. The van der Waals surface area contributed by atoms with Crippen LogP contribution in [0.25, 0.3) is 0 Å². The Morgan fingerprint density at radius 2 is 2.21 bits per heavy atom. The van der Waals surface area contributed by atoms with Gasteiger partial charge in [0.05, 0.1) is 17.8 Å². The third kappa shape index (κ3) is 3.95. The van der Waals surface area contributed by atoms with E-state index in [4.69, 9.17) is 26.4 Å². The van der Waals surface area contributed by atoms with Crippen LogP contribution in [0.2, 0.25) is 0 Å². The van der Waals surface area contributed by atoms with Gasteiger partial charge in [0.2, 0.25) is 6.79 Å². The van der Waals surface area contributed by atoms with Gasteiger partial charge in [-0.15, -0.1) is 0 Å². The number of anilines is 1. The van der Waals surface area contributed by atoms with Crippen LogP contribution in [-0.4, -0.2) is 25.2 Å². The van der Waals surface area contributed by atoms with E-state index in [2.05, 4.69) is 31.8 Å².